The molecule has 0 saturated heterocycles. The van der Waals surface area contributed by atoms with E-state index in [0.29, 0.717) is 21.9 Å². The molecule has 0 saturated carbocycles. The fraction of sp³-hybridized carbons (Fsp3) is 0.250. The number of rotatable bonds is 8. The number of hydrogen-bond donors (Lipinski definition) is 2. The molecule has 0 spiro atoms. The van der Waals surface area contributed by atoms with E-state index in [9.17, 15) is 14.4 Å². The van der Waals surface area contributed by atoms with E-state index in [-0.39, 0.29) is 36.9 Å². The van der Waals surface area contributed by atoms with E-state index in [1.807, 2.05) is 19.1 Å². The monoisotopic (exact) mass is 458 g/mol. The first-order valence-electron chi connectivity index (χ1n) is 10.0. The number of aryl methyl sites for hydroxylation is 2. The third-order valence-electron chi connectivity index (χ3n) is 5.25. The zero-order valence-electron chi connectivity index (χ0n) is 17.8. The van der Waals surface area contributed by atoms with Gasteiger partial charge in [-0.25, -0.2) is 4.39 Å². The zero-order valence-corrected chi connectivity index (χ0v) is 18.5. The van der Waals surface area contributed by atoms with Gasteiger partial charge >= 0.3 is 0 Å². The molecule has 0 aliphatic rings. The number of hydrogen-bond acceptors (Lipinski definition) is 5. The minimum Gasteiger partial charge on any atom is -0.488 e. The Bertz CT molecular complexity index is 1190. The van der Waals surface area contributed by atoms with Gasteiger partial charge in [-0.1, -0.05) is 28.9 Å². The highest BCUT2D eigenvalue weighted by molar-refractivity contribution is 6.30. The van der Waals surface area contributed by atoms with Crippen LogP contribution >= 0.6 is 11.6 Å². The highest BCUT2D eigenvalue weighted by atomic mass is 35.5. The third-order valence-corrected chi connectivity index (χ3v) is 5.49. The second-order valence-electron chi connectivity index (χ2n) is 7.43. The molecule has 1 aromatic heterocycles. The molecule has 1 atom stereocenters. The van der Waals surface area contributed by atoms with Gasteiger partial charge in [-0.15, -0.1) is 0 Å². The molecule has 3 rings (SSSR count). The lowest BCUT2D eigenvalue weighted by molar-refractivity contribution is 0.196. The second-order valence-corrected chi connectivity index (χ2v) is 7.87. The molecule has 0 bridgehead atoms. The van der Waals surface area contributed by atoms with E-state index in [4.69, 9.17) is 21.4 Å². The lowest BCUT2D eigenvalue weighted by Gasteiger charge is -2.22. The summed E-state index contributed by atoms with van der Waals surface area (Å²) in [5, 5.41) is 22.7. The zero-order chi connectivity index (χ0) is 23.3. The van der Waals surface area contributed by atoms with Crippen LogP contribution in [0.5, 0.6) is 5.75 Å². The Morgan fingerprint density at radius 2 is 2.00 bits per heavy atom. The number of nitrogens with zero attached hydrogens (tertiary/aromatic N) is 2. The number of benzene rings is 2. The Kier molecular flexibility index (Phi) is 7.66. The largest absolute Gasteiger partial charge is 0.488 e. The first-order chi connectivity index (χ1) is 15.3. The van der Waals surface area contributed by atoms with Crippen molar-refractivity contribution in [3.63, 3.8) is 0 Å². The van der Waals surface area contributed by atoms with Crippen LogP contribution in [-0.4, -0.2) is 33.8 Å². The molecule has 168 valence electrons. The van der Waals surface area contributed by atoms with Gasteiger partial charge in [-0.05, 0) is 53.9 Å². The molecule has 2 N–H and O–H groups in total. The molecule has 32 heavy (non-hydrogen) atoms. The molecule has 0 amide bonds. The van der Waals surface area contributed by atoms with Crippen LogP contribution in [-0.2, 0) is 7.05 Å². The van der Waals surface area contributed by atoms with Crippen molar-refractivity contribution >= 4 is 17.3 Å². The summed E-state index contributed by atoms with van der Waals surface area (Å²) >= 11 is 6.13. The van der Waals surface area contributed by atoms with Gasteiger partial charge in [0.25, 0.3) is 0 Å². The predicted octanol–water partition coefficient (Wildman–Crippen LogP) is 4.26. The minimum absolute atomic E-state index is 0.00989. The number of halogens is 2. The molecule has 2 aromatic carbocycles. The summed E-state index contributed by atoms with van der Waals surface area (Å²) in [6.07, 6.45) is 1.84. The summed E-state index contributed by atoms with van der Waals surface area (Å²) in [5.74, 6) is -0.877. The lowest BCUT2D eigenvalue weighted by Crippen LogP contribution is -2.18. The maximum atomic E-state index is 14.7. The quantitative estimate of drug-likeness (QED) is 0.300. The summed E-state index contributed by atoms with van der Waals surface area (Å²) in [7, 11) is 1.61. The van der Waals surface area contributed by atoms with Crippen molar-refractivity contribution in [2.24, 2.45) is 12.2 Å². The van der Waals surface area contributed by atoms with Gasteiger partial charge in [0.15, 0.2) is 11.6 Å². The van der Waals surface area contributed by atoms with Gasteiger partial charge in [-0.2, -0.15) is 0 Å². The average Bonchev–Trinajstić information content (AvgIpc) is 2.76. The Labute approximate surface area is 190 Å². The molecule has 0 radical (unpaired) electrons. The molecule has 0 fully saturated rings. The predicted molar refractivity (Wildman–Crippen MR) is 122 cm³/mol. The molecular formula is C24H24ClFN2O4. The second kappa shape index (κ2) is 10.4. The maximum Gasteiger partial charge on any atom is 0.250 e. The normalized spacial score (nSPS) is 12.6. The number of aromatic nitrogens is 1. The van der Waals surface area contributed by atoms with Crippen molar-refractivity contribution in [1.82, 2.24) is 4.57 Å². The van der Waals surface area contributed by atoms with Crippen molar-refractivity contribution in [2.45, 2.75) is 19.3 Å². The van der Waals surface area contributed by atoms with Gasteiger partial charge < -0.3 is 19.6 Å². The first-order valence-corrected chi connectivity index (χ1v) is 10.4. The van der Waals surface area contributed by atoms with Gasteiger partial charge in [0.2, 0.25) is 5.56 Å². The Balaban J connectivity index is 2.05. The Morgan fingerprint density at radius 3 is 2.62 bits per heavy atom. The van der Waals surface area contributed by atoms with Crippen molar-refractivity contribution in [3.05, 3.63) is 98.2 Å². The van der Waals surface area contributed by atoms with Gasteiger partial charge in [0.1, 0.15) is 6.61 Å². The minimum atomic E-state index is -0.558. The third kappa shape index (κ3) is 5.36. The van der Waals surface area contributed by atoms with Gasteiger partial charge in [0, 0.05) is 42.2 Å². The van der Waals surface area contributed by atoms with E-state index < -0.39 is 5.82 Å². The maximum absolute atomic E-state index is 14.7. The molecule has 0 aliphatic carbocycles. The van der Waals surface area contributed by atoms with Gasteiger partial charge in [-0.3, -0.25) is 4.79 Å². The molecule has 8 heteroatoms. The Hall–Kier alpha value is -3.16. The topological polar surface area (TPSA) is 84.1 Å². The molecule has 0 aliphatic heterocycles. The number of aliphatic hydroxyl groups is 1. The smallest absolute Gasteiger partial charge is 0.250 e. The SMILES string of the molecule is Cc1cc(Cl)ccc1C(CC(=NO)c1ccc(=O)n(C)c1)c1ccc(OCCO)c(F)c1. The summed E-state index contributed by atoms with van der Waals surface area (Å²) in [4.78, 5) is 11.7. The standard InChI is InChI=1S/C24H24ClFN2O4/c1-15-11-18(25)5-6-19(15)20(16-3-7-23(21(26)12-16)32-10-9-29)13-22(27-31)17-4-8-24(30)28(2)14-17/h3-8,11-12,14,20,29,31H,9-10,13H2,1-2H3. The van der Waals surface area contributed by atoms with E-state index in [2.05, 4.69) is 5.16 Å². The van der Waals surface area contributed by atoms with Crippen LogP contribution in [0.15, 0.2) is 64.7 Å². The van der Waals surface area contributed by atoms with Crippen molar-refractivity contribution in [2.75, 3.05) is 13.2 Å². The number of oxime groups is 1. The fourth-order valence-electron chi connectivity index (χ4n) is 3.62. The van der Waals surface area contributed by atoms with Crippen LogP contribution < -0.4 is 10.3 Å². The van der Waals surface area contributed by atoms with Gasteiger partial charge in [0.05, 0.1) is 12.3 Å². The highest BCUT2D eigenvalue weighted by Crippen LogP contribution is 2.34. The van der Waals surface area contributed by atoms with Crippen molar-refractivity contribution < 1.29 is 19.4 Å². The van der Waals surface area contributed by atoms with E-state index in [1.165, 1.54) is 22.8 Å². The van der Waals surface area contributed by atoms with E-state index in [0.717, 1.165) is 11.1 Å². The molecule has 6 nitrogen and oxygen atoms in total. The van der Waals surface area contributed by atoms with Crippen LogP contribution in [0.1, 0.15) is 34.6 Å². The first kappa shape index (κ1) is 23.5. The summed E-state index contributed by atoms with van der Waals surface area (Å²) in [6, 6.07) is 13.1. The number of ether oxygens (including phenoxy) is 1. The van der Waals surface area contributed by atoms with Crippen LogP contribution in [0.25, 0.3) is 0 Å². The summed E-state index contributed by atoms with van der Waals surface area (Å²) in [5.41, 5.74) is 3.19. The molecule has 3 aromatic rings. The molecular weight excluding hydrogens is 435 g/mol. The number of aliphatic hydroxyl groups excluding tert-OH is 1. The average molecular weight is 459 g/mol. The van der Waals surface area contributed by atoms with Crippen LogP contribution in [0.2, 0.25) is 5.02 Å². The van der Waals surface area contributed by atoms with Crippen LogP contribution in [0.3, 0.4) is 0 Å². The number of pyridine rings is 1. The Morgan fingerprint density at radius 1 is 1.22 bits per heavy atom. The summed E-state index contributed by atoms with van der Waals surface area (Å²) < 4.78 is 21.3. The molecule has 1 unspecified atom stereocenters. The van der Waals surface area contributed by atoms with Crippen LogP contribution in [0, 0.1) is 12.7 Å². The van der Waals surface area contributed by atoms with E-state index >= 15 is 0 Å². The molecule has 1 heterocycles. The van der Waals surface area contributed by atoms with Crippen molar-refractivity contribution in [1.29, 1.82) is 0 Å². The fourth-order valence-corrected chi connectivity index (χ4v) is 3.84. The summed E-state index contributed by atoms with van der Waals surface area (Å²) in [6.45, 7) is 1.68. The van der Waals surface area contributed by atoms with Crippen molar-refractivity contribution in [3.8, 4) is 5.75 Å². The lowest BCUT2D eigenvalue weighted by atomic mass is 9.83. The van der Waals surface area contributed by atoms with Crippen LogP contribution in [0.4, 0.5) is 4.39 Å². The highest BCUT2D eigenvalue weighted by Gasteiger charge is 2.22. The van der Waals surface area contributed by atoms with E-state index in [1.54, 1.807) is 31.4 Å².